The van der Waals surface area contributed by atoms with Crippen molar-refractivity contribution in [3.05, 3.63) is 29.9 Å². The lowest BCUT2D eigenvalue weighted by molar-refractivity contribution is 0.268. The Balaban J connectivity index is 2.40. The minimum Gasteiger partial charge on any atom is -0.337 e. The van der Waals surface area contributed by atoms with E-state index in [0.29, 0.717) is 11.7 Å². The molecule has 0 radical (unpaired) electrons. The van der Waals surface area contributed by atoms with Crippen LogP contribution in [0.3, 0.4) is 0 Å². The maximum absolute atomic E-state index is 6.24. The Morgan fingerprint density at radius 3 is 2.67 bits per heavy atom. The number of pyridine rings is 1. The van der Waals surface area contributed by atoms with Crippen molar-refractivity contribution in [3.63, 3.8) is 0 Å². The molecule has 0 aliphatic carbocycles. The lowest BCUT2D eigenvalue weighted by atomic mass is 9.94. The van der Waals surface area contributed by atoms with Crippen LogP contribution in [0.25, 0.3) is 11.4 Å². The summed E-state index contributed by atoms with van der Waals surface area (Å²) in [6.45, 7) is 6.02. The van der Waals surface area contributed by atoms with Gasteiger partial charge in [-0.1, -0.05) is 19.0 Å². The second kappa shape index (κ2) is 4.86. The summed E-state index contributed by atoms with van der Waals surface area (Å²) in [5, 5.41) is 4.00. The molecule has 2 aromatic rings. The van der Waals surface area contributed by atoms with Gasteiger partial charge in [-0.05, 0) is 31.4 Å². The number of rotatable bonds is 4. The number of nitrogens with two attached hydrogens (primary N) is 1. The summed E-state index contributed by atoms with van der Waals surface area (Å²) in [5.41, 5.74) is 7.63. The number of aromatic nitrogens is 3. The van der Waals surface area contributed by atoms with E-state index in [1.54, 1.807) is 12.4 Å². The molecule has 0 fully saturated rings. The van der Waals surface area contributed by atoms with E-state index >= 15 is 0 Å². The lowest BCUT2D eigenvalue weighted by Gasteiger charge is -2.20. The topological polar surface area (TPSA) is 77.8 Å². The van der Waals surface area contributed by atoms with Crippen LogP contribution in [0.2, 0.25) is 0 Å². The van der Waals surface area contributed by atoms with Gasteiger partial charge in [-0.3, -0.25) is 4.98 Å². The van der Waals surface area contributed by atoms with Crippen molar-refractivity contribution >= 4 is 0 Å². The van der Waals surface area contributed by atoms with E-state index in [0.717, 1.165) is 24.0 Å². The summed E-state index contributed by atoms with van der Waals surface area (Å²) in [5.74, 6) is 1.04. The van der Waals surface area contributed by atoms with Crippen molar-refractivity contribution in [2.24, 2.45) is 5.73 Å². The predicted octanol–water partition coefficient (Wildman–Crippen LogP) is 2.41. The molecule has 0 atom stereocenters. The molecule has 5 heteroatoms. The van der Waals surface area contributed by atoms with Crippen LogP contribution < -0.4 is 5.73 Å². The van der Waals surface area contributed by atoms with Gasteiger partial charge >= 0.3 is 0 Å². The van der Waals surface area contributed by atoms with E-state index in [2.05, 4.69) is 15.1 Å². The predicted molar refractivity (Wildman–Crippen MR) is 68.7 cm³/mol. The van der Waals surface area contributed by atoms with Crippen LogP contribution in [-0.2, 0) is 5.54 Å². The standard InChI is InChI=1S/C13H18N4O/c1-4-13(14,5-2)12-16-11(17-18-12)10-8-15-7-6-9(10)3/h6-8H,4-5,14H2,1-3H3. The Labute approximate surface area is 106 Å². The van der Waals surface area contributed by atoms with Crippen molar-refractivity contribution in [3.8, 4) is 11.4 Å². The van der Waals surface area contributed by atoms with Crippen LogP contribution in [0.4, 0.5) is 0 Å². The zero-order chi connectivity index (χ0) is 13.2. The van der Waals surface area contributed by atoms with Gasteiger partial charge in [0.05, 0.1) is 5.54 Å². The molecule has 0 saturated carbocycles. The first-order valence-corrected chi connectivity index (χ1v) is 6.14. The fourth-order valence-corrected chi connectivity index (χ4v) is 1.79. The molecule has 5 nitrogen and oxygen atoms in total. The van der Waals surface area contributed by atoms with E-state index in [9.17, 15) is 0 Å². The molecule has 2 rings (SSSR count). The molecule has 0 aromatic carbocycles. The third-order valence-electron chi connectivity index (χ3n) is 3.39. The zero-order valence-corrected chi connectivity index (χ0v) is 11.0. The van der Waals surface area contributed by atoms with Crippen LogP contribution in [0.1, 0.15) is 38.1 Å². The van der Waals surface area contributed by atoms with Gasteiger partial charge in [-0.2, -0.15) is 4.98 Å². The Hall–Kier alpha value is -1.75. The largest absolute Gasteiger partial charge is 0.337 e. The van der Waals surface area contributed by atoms with Gasteiger partial charge in [0.25, 0.3) is 0 Å². The summed E-state index contributed by atoms with van der Waals surface area (Å²) in [4.78, 5) is 8.49. The maximum atomic E-state index is 6.24. The minimum absolute atomic E-state index is 0.491. The molecule has 0 bridgehead atoms. The minimum atomic E-state index is -0.540. The van der Waals surface area contributed by atoms with E-state index in [4.69, 9.17) is 10.3 Å². The van der Waals surface area contributed by atoms with E-state index in [1.807, 2.05) is 26.8 Å². The normalized spacial score (nSPS) is 11.8. The first-order chi connectivity index (χ1) is 8.60. The van der Waals surface area contributed by atoms with Crippen molar-refractivity contribution < 1.29 is 4.52 Å². The van der Waals surface area contributed by atoms with Crippen LogP contribution >= 0.6 is 0 Å². The fourth-order valence-electron chi connectivity index (χ4n) is 1.79. The molecular formula is C13H18N4O. The molecule has 96 valence electrons. The highest BCUT2D eigenvalue weighted by Gasteiger charge is 2.30. The molecule has 2 N–H and O–H groups in total. The molecule has 0 spiro atoms. The van der Waals surface area contributed by atoms with E-state index < -0.39 is 5.54 Å². The summed E-state index contributed by atoms with van der Waals surface area (Å²) in [7, 11) is 0. The number of hydrogen-bond acceptors (Lipinski definition) is 5. The third kappa shape index (κ3) is 2.13. The Morgan fingerprint density at radius 2 is 2.06 bits per heavy atom. The van der Waals surface area contributed by atoms with E-state index in [-0.39, 0.29) is 0 Å². The van der Waals surface area contributed by atoms with Gasteiger partial charge in [-0.25, -0.2) is 0 Å². The van der Waals surface area contributed by atoms with Crippen LogP contribution in [0, 0.1) is 6.92 Å². The molecule has 0 unspecified atom stereocenters. The SMILES string of the molecule is CCC(N)(CC)c1nc(-c2cnccc2C)no1. The molecule has 18 heavy (non-hydrogen) atoms. The van der Waals surface area contributed by atoms with Gasteiger partial charge in [0.2, 0.25) is 11.7 Å². The second-order valence-electron chi connectivity index (χ2n) is 4.48. The van der Waals surface area contributed by atoms with Crippen molar-refractivity contribution in [1.82, 2.24) is 15.1 Å². The van der Waals surface area contributed by atoms with E-state index in [1.165, 1.54) is 0 Å². The average molecular weight is 246 g/mol. The zero-order valence-electron chi connectivity index (χ0n) is 11.0. The molecule has 2 heterocycles. The monoisotopic (exact) mass is 246 g/mol. The fraction of sp³-hybridized carbons (Fsp3) is 0.462. The molecule has 0 saturated heterocycles. The number of hydrogen-bond donors (Lipinski definition) is 1. The molecule has 0 amide bonds. The summed E-state index contributed by atoms with van der Waals surface area (Å²) < 4.78 is 5.31. The Bertz CT molecular complexity index is 531. The summed E-state index contributed by atoms with van der Waals surface area (Å²) in [6, 6.07) is 1.92. The number of nitrogens with zero attached hydrogens (tertiary/aromatic N) is 3. The first kappa shape index (κ1) is 12.7. The smallest absolute Gasteiger partial charge is 0.247 e. The Morgan fingerprint density at radius 1 is 1.33 bits per heavy atom. The highest BCUT2D eigenvalue weighted by Crippen LogP contribution is 2.27. The van der Waals surface area contributed by atoms with Gasteiger partial charge in [-0.15, -0.1) is 0 Å². The highest BCUT2D eigenvalue weighted by molar-refractivity contribution is 5.57. The molecule has 2 aromatic heterocycles. The summed E-state index contributed by atoms with van der Waals surface area (Å²) in [6.07, 6.45) is 5.00. The van der Waals surface area contributed by atoms with Crippen molar-refractivity contribution in [2.45, 2.75) is 39.2 Å². The number of aryl methyl sites for hydroxylation is 1. The molecule has 0 aliphatic rings. The second-order valence-corrected chi connectivity index (χ2v) is 4.48. The van der Waals surface area contributed by atoms with Gasteiger partial charge < -0.3 is 10.3 Å². The van der Waals surface area contributed by atoms with Gasteiger partial charge in [0.15, 0.2) is 0 Å². The molecule has 0 aliphatic heterocycles. The van der Waals surface area contributed by atoms with Gasteiger partial charge in [0.1, 0.15) is 0 Å². The molecular weight excluding hydrogens is 228 g/mol. The van der Waals surface area contributed by atoms with Crippen LogP contribution in [0.5, 0.6) is 0 Å². The highest BCUT2D eigenvalue weighted by atomic mass is 16.5. The van der Waals surface area contributed by atoms with Crippen molar-refractivity contribution in [1.29, 1.82) is 0 Å². The first-order valence-electron chi connectivity index (χ1n) is 6.14. The average Bonchev–Trinajstić information content (AvgIpc) is 2.88. The Kier molecular flexibility index (Phi) is 3.43. The lowest BCUT2D eigenvalue weighted by Crippen LogP contribution is -2.35. The summed E-state index contributed by atoms with van der Waals surface area (Å²) >= 11 is 0. The van der Waals surface area contributed by atoms with Crippen molar-refractivity contribution in [2.75, 3.05) is 0 Å². The van der Waals surface area contributed by atoms with Gasteiger partial charge in [0, 0.05) is 18.0 Å². The quantitative estimate of drug-likeness (QED) is 0.896. The third-order valence-corrected chi connectivity index (χ3v) is 3.39. The van der Waals surface area contributed by atoms with Crippen LogP contribution in [0.15, 0.2) is 23.0 Å². The maximum Gasteiger partial charge on any atom is 0.247 e. The van der Waals surface area contributed by atoms with Crippen LogP contribution in [-0.4, -0.2) is 15.1 Å².